The Balaban J connectivity index is 2.26. The van der Waals surface area contributed by atoms with Crippen LogP contribution in [0.15, 0.2) is 47.6 Å². The van der Waals surface area contributed by atoms with E-state index in [1.165, 1.54) is 11.8 Å². The molecule has 0 saturated carbocycles. The minimum atomic E-state index is 0.194. The summed E-state index contributed by atoms with van der Waals surface area (Å²) in [5, 5.41) is 12.3. The van der Waals surface area contributed by atoms with Crippen LogP contribution < -0.4 is 0 Å². The monoisotopic (exact) mass is 311 g/mol. The Hall–Kier alpha value is -2.09. The summed E-state index contributed by atoms with van der Waals surface area (Å²) in [5.41, 5.74) is 1.75. The number of fused-ring (bicyclic) bond motifs is 1. The van der Waals surface area contributed by atoms with Crippen molar-refractivity contribution in [2.75, 3.05) is 6.26 Å². The van der Waals surface area contributed by atoms with Gasteiger partial charge < -0.3 is 0 Å². The highest BCUT2D eigenvalue weighted by Crippen LogP contribution is 2.30. The number of halogens is 1. The number of hydrogen-bond donors (Lipinski definition) is 0. The van der Waals surface area contributed by atoms with E-state index in [-0.39, 0.29) is 5.15 Å². The smallest absolute Gasteiger partial charge is 0.189 e. The fourth-order valence-electron chi connectivity index (χ4n) is 2.15. The molecule has 0 bridgehead atoms. The molecule has 2 aromatic carbocycles. The third-order valence-corrected chi connectivity index (χ3v) is 3.98. The Bertz CT molecular complexity index is 871. The summed E-state index contributed by atoms with van der Waals surface area (Å²) < 4.78 is 0. The van der Waals surface area contributed by atoms with Gasteiger partial charge in [-0.05, 0) is 23.1 Å². The molecule has 3 nitrogen and oxygen atoms in total. The van der Waals surface area contributed by atoms with Gasteiger partial charge in [0.2, 0.25) is 0 Å². The fraction of sp³-hybridized carbons (Fsp3) is 0.0625. The van der Waals surface area contributed by atoms with Crippen molar-refractivity contribution in [2.45, 2.75) is 5.16 Å². The van der Waals surface area contributed by atoms with Crippen molar-refractivity contribution < 1.29 is 0 Å². The highest BCUT2D eigenvalue weighted by atomic mass is 35.5. The zero-order valence-electron chi connectivity index (χ0n) is 11.2. The number of rotatable bonds is 2. The molecule has 0 N–H and O–H groups in total. The van der Waals surface area contributed by atoms with E-state index in [2.05, 4.69) is 16.0 Å². The number of thioether (sulfide) groups is 1. The summed E-state index contributed by atoms with van der Waals surface area (Å²) in [7, 11) is 0. The number of benzene rings is 2. The third-order valence-electron chi connectivity index (χ3n) is 3.16. The van der Waals surface area contributed by atoms with Gasteiger partial charge in [-0.25, -0.2) is 9.97 Å². The lowest BCUT2D eigenvalue weighted by molar-refractivity contribution is 0.970. The maximum atomic E-state index is 9.32. The van der Waals surface area contributed by atoms with Crippen LogP contribution in [0.2, 0.25) is 5.15 Å². The Morgan fingerprint density at radius 1 is 1.10 bits per heavy atom. The molecule has 0 amide bonds. The summed E-state index contributed by atoms with van der Waals surface area (Å²) in [6, 6.07) is 16.1. The molecule has 0 atom stereocenters. The summed E-state index contributed by atoms with van der Waals surface area (Å²) in [5.74, 6) is 0. The maximum absolute atomic E-state index is 9.32. The topological polar surface area (TPSA) is 49.6 Å². The lowest BCUT2D eigenvalue weighted by Gasteiger charge is -2.08. The maximum Gasteiger partial charge on any atom is 0.189 e. The van der Waals surface area contributed by atoms with Crippen molar-refractivity contribution in [3.05, 3.63) is 53.2 Å². The van der Waals surface area contributed by atoms with E-state index in [1.807, 2.05) is 48.7 Å². The molecule has 0 unspecified atom stereocenters. The Labute approximate surface area is 131 Å². The standard InChI is InChI=1S/C16H10ClN3S/c1-21-16-19-14(13(9-18)15(17)20-16)12-7-6-10-4-2-3-5-11(10)8-12/h2-8H,1H3. The minimum Gasteiger partial charge on any atom is -0.221 e. The molecule has 0 saturated heterocycles. The molecular formula is C16H10ClN3S. The molecule has 0 fully saturated rings. The van der Waals surface area contributed by atoms with Crippen molar-refractivity contribution in [3.8, 4) is 17.3 Å². The predicted molar refractivity (Wildman–Crippen MR) is 86.5 cm³/mol. The largest absolute Gasteiger partial charge is 0.221 e. The minimum absolute atomic E-state index is 0.194. The lowest BCUT2D eigenvalue weighted by atomic mass is 10.0. The molecule has 3 aromatic rings. The molecule has 5 heteroatoms. The first-order valence-electron chi connectivity index (χ1n) is 6.23. The van der Waals surface area contributed by atoms with E-state index in [4.69, 9.17) is 11.6 Å². The van der Waals surface area contributed by atoms with Crippen LogP contribution in [0.5, 0.6) is 0 Å². The average Bonchev–Trinajstić information content (AvgIpc) is 2.53. The van der Waals surface area contributed by atoms with Crippen LogP contribution in [0.1, 0.15) is 5.56 Å². The van der Waals surface area contributed by atoms with Crippen molar-refractivity contribution in [3.63, 3.8) is 0 Å². The molecule has 1 heterocycles. The van der Waals surface area contributed by atoms with Gasteiger partial charge in [0.15, 0.2) is 10.3 Å². The molecule has 0 spiro atoms. The van der Waals surface area contributed by atoms with Crippen LogP contribution in [0, 0.1) is 11.3 Å². The molecule has 0 aliphatic carbocycles. The molecular weight excluding hydrogens is 302 g/mol. The lowest BCUT2D eigenvalue weighted by Crippen LogP contribution is -1.96. The normalized spacial score (nSPS) is 10.5. The summed E-state index contributed by atoms with van der Waals surface area (Å²) in [6.45, 7) is 0. The SMILES string of the molecule is CSc1nc(Cl)c(C#N)c(-c2ccc3ccccc3c2)n1. The average molecular weight is 312 g/mol. The van der Waals surface area contributed by atoms with Crippen molar-refractivity contribution in [1.29, 1.82) is 5.26 Å². The van der Waals surface area contributed by atoms with Gasteiger partial charge in [0.05, 0.1) is 5.69 Å². The van der Waals surface area contributed by atoms with Crippen LogP contribution in [0.25, 0.3) is 22.0 Å². The molecule has 1 aromatic heterocycles. The molecule has 3 rings (SSSR count). The zero-order valence-corrected chi connectivity index (χ0v) is 12.7. The second-order valence-electron chi connectivity index (χ2n) is 4.40. The molecule has 0 aliphatic rings. The van der Waals surface area contributed by atoms with Crippen LogP contribution in [0.3, 0.4) is 0 Å². The number of hydrogen-bond acceptors (Lipinski definition) is 4. The first-order valence-corrected chi connectivity index (χ1v) is 7.84. The van der Waals surface area contributed by atoms with Crippen LogP contribution in [-0.2, 0) is 0 Å². The number of aromatic nitrogens is 2. The highest BCUT2D eigenvalue weighted by molar-refractivity contribution is 7.98. The first kappa shape index (κ1) is 13.9. The Morgan fingerprint density at radius 2 is 1.86 bits per heavy atom. The number of nitrogens with zero attached hydrogens (tertiary/aromatic N) is 3. The second kappa shape index (κ2) is 5.72. The molecule has 0 radical (unpaired) electrons. The van der Waals surface area contributed by atoms with E-state index >= 15 is 0 Å². The van der Waals surface area contributed by atoms with Gasteiger partial charge in [-0.2, -0.15) is 5.26 Å². The summed E-state index contributed by atoms with van der Waals surface area (Å²) >= 11 is 7.49. The summed E-state index contributed by atoms with van der Waals surface area (Å²) in [4.78, 5) is 8.55. The molecule has 21 heavy (non-hydrogen) atoms. The van der Waals surface area contributed by atoms with Gasteiger partial charge >= 0.3 is 0 Å². The van der Waals surface area contributed by atoms with Gasteiger partial charge in [-0.15, -0.1) is 0 Å². The van der Waals surface area contributed by atoms with Gasteiger partial charge in [-0.3, -0.25) is 0 Å². The number of nitriles is 1. The van der Waals surface area contributed by atoms with E-state index in [1.54, 1.807) is 0 Å². The van der Waals surface area contributed by atoms with Crippen LogP contribution in [-0.4, -0.2) is 16.2 Å². The molecule has 0 aliphatic heterocycles. The first-order chi connectivity index (χ1) is 10.2. The van der Waals surface area contributed by atoms with Crippen LogP contribution in [0.4, 0.5) is 0 Å². The zero-order chi connectivity index (χ0) is 14.8. The van der Waals surface area contributed by atoms with Crippen molar-refractivity contribution in [1.82, 2.24) is 9.97 Å². The van der Waals surface area contributed by atoms with E-state index in [9.17, 15) is 5.26 Å². The van der Waals surface area contributed by atoms with Crippen molar-refractivity contribution in [2.24, 2.45) is 0 Å². The molecule has 102 valence electrons. The fourth-order valence-corrected chi connectivity index (χ4v) is 2.78. The predicted octanol–water partition coefficient (Wildman–Crippen LogP) is 4.54. The highest BCUT2D eigenvalue weighted by Gasteiger charge is 2.14. The third kappa shape index (κ3) is 2.58. The van der Waals surface area contributed by atoms with Crippen molar-refractivity contribution >= 4 is 34.1 Å². The summed E-state index contributed by atoms with van der Waals surface area (Å²) in [6.07, 6.45) is 1.88. The van der Waals surface area contributed by atoms with Gasteiger partial charge in [-0.1, -0.05) is 59.8 Å². The van der Waals surface area contributed by atoms with E-state index in [0.29, 0.717) is 16.4 Å². The van der Waals surface area contributed by atoms with Gasteiger partial charge in [0, 0.05) is 5.56 Å². The second-order valence-corrected chi connectivity index (χ2v) is 5.53. The Morgan fingerprint density at radius 3 is 2.57 bits per heavy atom. The quantitative estimate of drug-likeness (QED) is 0.396. The van der Waals surface area contributed by atoms with Gasteiger partial charge in [0.25, 0.3) is 0 Å². The van der Waals surface area contributed by atoms with Gasteiger partial charge in [0.1, 0.15) is 11.6 Å². The van der Waals surface area contributed by atoms with Crippen LogP contribution >= 0.6 is 23.4 Å². The van der Waals surface area contributed by atoms with E-state index < -0.39 is 0 Å². The van der Waals surface area contributed by atoms with E-state index in [0.717, 1.165) is 16.3 Å². The Kier molecular flexibility index (Phi) is 3.78.